The Morgan fingerprint density at radius 2 is 1.56 bits per heavy atom. The maximum Gasteiger partial charge on any atom is 0.221 e. The molecule has 0 aliphatic rings. The fourth-order valence-electron chi connectivity index (χ4n) is 2.71. The number of hydrogen-bond donors (Lipinski definition) is 2. The zero-order valence-corrected chi connectivity index (χ0v) is 15.7. The second kappa shape index (κ2) is 8.90. The molecule has 0 atom stereocenters. The van der Waals surface area contributed by atoms with Crippen molar-refractivity contribution in [2.45, 2.75) is 27.0 Å². The average Bonchev–Trinajstić information content (AvgIpc) is 2.67. The molecule has 3 aromatic rings. The van der Waals surface area contributed by atoms with E-state index in [4.69, 9.17) is 4.74 Å². The van der Waals surface area contributed by atoms with E-state index in [2.05, 4.69) is 47.9 Å². The van der Waals surface area contributed by atoms with Crippen LogP contribution < -0.4 is 15.4 Å². The Morgan fingerprint density at radius 1 is 0.889 bits per heavy atom. The van der Waals surface area contributed by atoms with Gasteiger partial charge in [0.15, 0.2) is 0 Å². The lowest BCUT2D eigenvalue weighted by atomic mass is 10.1. The van der Waals surface area contributed by atoms with Gasteiger partial charge < -0.3 is 15.4 Å². The second-order valence-electron chi connectivity index (χ2n) is 6.49. The number of rotatable bonds is 7. The van der Waals surface area contributed by atoms with Gasteiger partial charge in [-0.3, -0.25) is 4.79 Å². The van der Waals surface area contributed by atoms with Crippen molar-refractivity contribution in [1.82, 2.24) is 0 Å². The van der Waals surface area contributed by atoms with E-state index in [0.29, 0.717) is 13.2 Å². The van der Waals surface area contributed by atoms with Crippen molar-refractivity contribution in [3.8, 4) is 5.75 Å². The Kier molecular flexibility index (Phi) is 6.10. The topological polar surface area (TPSA) is 50.4 Å². The maximum absolute atomic E-state index is 11.1. The highest BCUT2D eigenvalue weighted by Gasteiger charge is 2.04. The van der Waals surface area contributed by atoms with Crippen LogP contribution in [-0.4, -0.2) is 5.91 Å². The van der Waals surface area contributed by atoms with Crippen LogP contribution in [0.3, 0.4) is 0 Å². The maximum atomic E-state index is 11.1. The predicted octanol–water partition coefficient (Wildman–Crippen LogP) is 5.14. The number of para-hydroxylation sites is 1. The van der Waals surface area contributed by atoms with Crippen LogP contribution in [0.5, 0.6) is 5.75 Å². The molecule has 0 heterocycles. The summed E-state index contributed by atoms with van der Waals surface area (Å²) in [5, 5.41) is 6.16. The number of benzene rings is 3. The van der Waals surface area contributed by atoms with Crippen molar-refractivity contribution >= 4 is 17.3 Å². The molecule has 0 unspecified atom stereocenters. The quantitative estimate of drug-likeness (QED) is 0.613. The van der Waals surface area contributed by atoms with Crippen molar-refractivity contribution in [3.05, 3.63) is 89.5 Å². The first-order valence-electron chi connectivity index (χ1n) is 8.98. The number of amides is 1. The smallest absolute Gasteiger partial charge is 0.221 e. The fourth-order valence-corrected chi connectivity index (χ4v) is 2.71. The van der Waals surface area contributed by atoms with Crippen molar-refractivity contribution in [1.29, 1.82) is 0 Å². The third-order valence-electron chi connectivity index (χ3n) is 4.18. The lowest BCUT2D eigenvalue weighted by Gasteiger charge is -2.13. The van der Waals surface area contributed by atoms with Gasteiger partial charge in [-0.15, -0.1) is 0 Å². The van der Waals surface area contributed by atoms with Crippen LogP contribution in [-0.2, 0) is 17.9 Å². The number of ether oxygens (including phenoxy) is 1. The lowest BCUT2D eigenvalue weighted by Crippen LogP contribution is -2.06. The monoisotopic (exact) mass is 360 g/mol. The molecule has 0 saturated heterocycles. The van der Waals surface area contributed by atoms with Crippen LogP contribution in [0.2, 0.25) is 0 Å². The SMILES string of the molecule is CC(=O)Nc1ccc(NCc2ccccc2OCc2ccc(C)cc2)cc1. The third-order valence-corrected chi connectivity index (χ3v) is 4.18. The van der Waals surface area contributed by atoms with E-state index in [1.165, 1.54) is 12.5 Å². The summed E-state index contributed by atoms with van der Waals surface area (Å²) in [6, 6.07) is 24.1. The first-order chi connectivity index (χ1) is 13.1. The summed E-state index contributed by atoms with van der Waals surface area (Å²) in [5.74, 6) is 0.802. The number of anilines is 2. The number of aryl methyl sites for hydroxylation is 1. The van der Waals surface area contributed by atoms with Crippen LogP contribution in [0.25, 0.3) is 0 Å². The summed E-state index contributed by atoms with van der Waals surface area (Å²) in [7, 11) is 0. The van der Waals surface area contributed by atoms with Crippen molar-refractivity contribution in [3.63, 3.8) is 0 Å². The Labute approximate surface area is 160 Å². The molecule has 3 rings (SSSR count). The lowest BCUT2D eigenvalue weighted by molar-refractivity contribution is -0.114. The summed E-state index contributed by atoms with van der Waals surface area (Å²) in [6.07, 6.45) is 0. The number of nitrogens with one attached hydrogen (secondary N) is 2. The van der Waals surface area contributed by atoms with Crippen LogP contribution in [0.15, 0.2) is 72.8 Å². The number of carbonyl (C=O) groups is 1. The van der Waals surface area contributed by atoms with Gasteiger partial charge in [0.05, 0.1) is 0 Å². The molecule has 0 spiro atoms. The highest BCUT2D eigenvalue weighted by atomic mass is 16.5. The Hall–Kier alpha value is -3.27. The highest BCUT2D eigenvalue weighted by Crippen LogP contribution is 2.21. The molecule has 0 bridgehead atoms. The van der Waals surface area contributed by atoms with Gasteiger partial charge in [-0.25, -0.2) is 0 Å². The van der Waals surface area contributed by atoms with Gasteiger partial charge in [0.2, 0.25) is 5.91 Å². The summed E-state index contributed by atoms with van der Waals surface area (Å²) in [5.41, 5.74) is 5.26. The molecule has 1 amide bonds. The summed E-state index contributed by atoms with van der Waals surface area (Å²) in [4.78, 5) is 11.1. The predicted molar refractivity (Wildman–Crippen MR) is 110 cm³/mol. The Morgan fingerprint density at radius 3 is 2.26 bits per heavy atom. The minimum atomic E-state index is -0.0737. The largest absolute Gasteiger partial charge is 0.489 e. The first kappa shape index (κ1) is 18.5. The molecule has 0 saturated carbocycles. The van der Waals surface area contributed by atoms with Gasteiger partial charge >= 0.3 is 0 Å². The van der Waals surface area contributed by atoms with E-state index < -0.39 is 0 Å². The standard InChI is InChI=1S/C23H24N2O2/c1-17-7-9-19(10-8-17)16-27-23-6-4-3-5-20(23)15-24-21-11-13-22(14-12-21)25-18(2)26/h3-14,24H,15-16H2,1-2H3,(H,25,26). The molecule has 0 radical (unpaired) electrons. The Balaban J connectivity index is 1.60. The molecule has 2 N–H and O–H groups in total. The van der Waals surface area contributed by atoms with Crippen molar-refractivity contribution in [2.24, 2.45) is 0 Å². The fraction of sp³-hybridized carbons (Fsp3) is 0.174. The number of hydrogen-bond acceptors (Lipinski definition) is 3. The van der Waals surface area contributed by atoms with Gasteiger partial charge in [0.1, 0.15) is 12.4 Å². The molecule has 0 aliphatic carbocycles. The molecule has 27 heavy (non-hydrogen) atoms. The van der Waals surface area contributed by atoms with Crippen LogP contribution in [0.1, 0.15) is 23.6 Å². The second-order valence-corrected chi connectivity index (χ2v) is 6.49. The minimum Gasteiger partial charge on any atom is -0.489 e. The van der Waals surface area contributed by atoms with Gasteiger partial charge in [-0.05, 0) is 42.8 Å². The molecule has 0 aliphatic heterocycles. The summed E-state index contributed by atoms with van der Waals surface area (Å²) >= 11 is 0. The third kappa shape index (κ3) is 5.61. The molecule has 4 nitrogen and oxygen atoms in total. The van der Waals surface area contributed by atoms with Crippen LogP contribution in [0.4, 0.5) is 11.4 Å². The van der Waals surface area contributed by atoms with E-state index in [1.807, 2.05) is 42.5 Å². The van der Waals surface area contributed by atoms with Gasteiger partial charge in [-0.1, -0.05) is 48.0 Å². The highest BCUT2D eigenvalue weighted by molar-refractivity contribution is 5.88. The van der Waals surface area contributed by atoms with E-state index in [1.54, 1.807) is 0 Å². The van der Waals surface area contributed by atoms with Crippen LogP contribution >= 0.6 is 0 Å². The average molecular weight is 360 g/mol. The van der Waals surface area contributed by atoms with Crippen molar-refractivity contribution in [2.75, 3.05) is 10.6 Å². The minimum absolute atomic E-state index is 0.0737. The summed E-state index contributed by atoms with van der Waals surface area (Å²) < 4.78 is 6.03. The zero-order chi connectivity index (χ0) is 19.1. The summed E-state index contributed by atoms with van der Waals surface area (Å²) in [6.45, 7) is 4.78. The van der Waals surface area contributed by atoms with E-state index in [-0.39, 0.29) is 5.91 Å². The molecule has 4 heteroatoms. The molecule has 138 valence electrons. The van der Waals surface area contributed by atoms with Gasteiger partial charge in [-0.2, -0.15) is 0 Å². The molecular weight excluding hydrogens is 336 g/mol. The number of carbonyl (C=O) groups excluding carboxylic acids is 1. The molecule has 0 aromatic heterocycles. The molecule has 0 fully saturated rings. The van der Waals surface area contributed by atoms with Crippen molar-refractivity contribution < 1.29 is 9.53 Å². The van der Waals surface area contributed by atoms with E-state index in [9.17, 15) is 4.79 Å². The van der Waals surface area contributed by atoms with E-state index in [0.717, 1.165) is 28.3 Å². The van der Waals surface area contributed by atoms with Gasteiger partial charge in [0.25, 0.3) is 0 Å². The Bertz CT molecular complexity index is 887. The zero-order valence-electron chi connectivity index (χ0n) is 15.7. The van der Waals surface area contributed by atoms with Gasteiger partial charge in [0, 0.05) is 30.4 Å². The molecule has 3 aromatic carbocycles. The normalized spacial score (nSPS) is 10.3. The molecular formula is C23H24N2O2. The first-order valence-corrected chi connectivity index (χ1v) is 8.98. The van der Waals surface area contributed by atoms with E-state index >= 15 is 0 Å². The van der Waals surface area contributed by atoms with Crippen LogP contribution in [0, 0.1) is 6.92 Å².